The summed E-state index contributed by atoms with van der Waals surface area (Å²) in [6, 6.07) is 0.960. The Morgan fingerprint density at radius 3 is 2.82 bits per heavy atom. The Morgan fingerprint density at radius 2 is 2.06 bits per heavy atom. The second kappa shape index (κ2) is 5.85. The van der Waals surface area contributed by atoms with Crippen LogP contribution < -0.4 is 10.6 Å². The van der Waals surface area contributed by atoms with E-state index in [4.69, 9.17) is 0 Å². The molecule has 0 radical (unpaired) electrons. The monoisotopic (exact) mass is 238 g/mol. The third kappa shape index (κ3) is 3.21. The molecule has 2 aliphatic rings. The van der Waals surface area contributed by atoms with E-state index in [0.717, 1.165) is 18.8 Å². The van der Waals surface area contributed by atoms with Crippen molar-refractivity contribution < 1.29 is 4.79 Å². The highest BCUT2D eigenvalue weighted by Gasteiger charge is 2.34. The highest BCUT2D eigenvalue weighted by atomic mass is 16.2. The molecule has 0 aromatic rings. The summed E-state index contributed by atoms with van der Waals surface area (Å²) in [5.74, 6) is 1.04. The average molecular weight is 238 g/mol. The predicted octanol–water partition coefficient (Wildman–Crippen LogP) is 2.21. The van der Waals surface area contributed by atoms with Crippen LogP contribution in [0.4, 0.5) is 0 Å². The van der Waals surface area contributed by atoms with Crippen LogP contribution in [0.15, 0.2) is 0 Å². The van der Waals surface area contributed by atoms with Crippen LogP contribution in [-0.4, -0.2) is 24.0 Å². The Balaban J connectivity index is 1.84. The number of nitrogens with one attached hydrogen (secondary N) is 2. The summed E-state index contributed by atoms with van der Waals surface area (Å²) in [5, 5.41) is 6.67. The smallest absolute Gasteiger partial charge is 0.237 e. The van der Waals surface area contributed by atoms with E-state index in [9.17, 15) is 4.79 Å². The van der Waals surface area contributed by atoms with Crippen molar-refractivity contribution in [2.45, 2.75) is 76.9 Å². The van der Waals surface area contributed by atoms with Gasteiger partial charge in [0.1, 0.15) is 0 Å². The molecule has 1 aliphatic carbocycles. The predicted molar refractivity (Wildman–Crippen MR) is 69.8 cm³/mol. The van der Waals surface area contributed by atoms with Gasteiger partial charge in [-0.15, -0.1) is 0 Å². The van der Waals surface area contributed by atoms with Crippen LogP contribution in [0.25, 0.3) is 0 Å². The first-order chi connectivity index (χ1) is 8.20. The second-order valence-electron chi connectivity index (χ2n) is 5.77. The lowest BCUT2D eigenvalue weighted by atomic mass is 9.77. The summed E-state index contributed by atoms with van der Waals surface area (Å²) in [7, 11) is 0. The molecule has 1 saturated carbocycles. The summed E-state index contributed by atoms with van der Waals surface area (Å²) in [6.45, 7) is 4.18. The molecule has 4 atom stereocenters. The fourth-order valence-corrected chi connectivity index (χ4v) is 3.15. The van der Waals surface area contributed by atoms with Crippen LogP contribution in [0.3, 0.4) is 0 Å². The molecular formula is C14H26N2O. The Labute approximate surface area is 105 Å². The molecule has 2 rings (SSSR count). The van der Waals surface area contributed by atoms with Gasteiger partial charge in [0.15, 0.2) is 0 Å². The van der Waals surface area contributed by atoms with Crippen LogP contribution in [-0.2, 0) is 4.79 Å². The quantitative estimate of drug-likeness (QED) is 0.791. The van der Waals surface area contributed by atoms with Crippen molar-refractivity contribution in [1.29, 1.82) is 0 Å². The normalized spacial score (nSPS) is 34.8. The van der Waals surface area contributed by atoms with Gasteiger partial charge in [0.05, 0.1) is 6.04 Å². The van der Waals surface area contributed by atoms with Gasteiger partial charge in [-0.05, 0) is 44.9 Å². The van der Waals surface area contributed by atoms with E-state index in [1.54, 1.807) is 0 Å². The van der Waals surface area contributed by atoms with Crippen LogP contribution in [0.1, 0.15) is 58.8 Å². The number of carbonyl (C=O) groups excluding carboxylic acids is 1. The zero-order chi connectivity index (χ0) is 12.3. The lowest BCUT2D eigenvalue weighted by molar-refractivity contribution is -0.125. The van der Waals surface area contributed by atoms with Gasteiger partial charge in [-0.2, -0.15) is 0 Å². The van der Waals surface area contributed by atoms with Gasteiger partial charge in [0.25, 0.3) is 0 Å². The topological polar surface area (TPSA) is 41.1 Å². The van der Waals surface area contributed by atoms with Crippen LogP contribution in [0.2, 0.25) is 0 Å². The Kier molecular flexibility index (Phi) is 4.43. The summed E-state index contributed by atoms with van der Waals surface area (Å²) in [4.78, 5) is 12.1. The molecule has 3 nitrogen and oxygen atoms in total. The summed E-state index contributed by atoms with van der Waals surface area (Å²) < 4.78 is 0. The van der Waals surface area contributed by atoms with Crippen molar-refractivity contribution in [2.24, 2.45) is 5.92 Å². The van der Waals surface area contributed by atoms with E-state index in [2.05, 4.69) is 24.5 Å². The highest BCUT2D eigenvalue weighted by Crippen LogP contribution is 2.32. The van der Waals surface area contributed by atoms with E-state index < -0.39 is 0 Å². The summed E-state index contributed by atoms with van der Waals surface area (Å²) in [5.41, 5.74) is 0. The molecule has 0 spiro atoms. The fraction of sp³-hybridized carbons (Fsp3) is 0.929. The molecule has 0 aromatic heterocycles. The van der Waals surface area contributed by atoms with Gasteiger partial charge in [0, 0.05) is 12.1 Å². The lowest BCUT2D eigenvalue weighted by Gasteiger charge is -2.40. The van der Waals surface area contributed by atoms with Crippen molar-refractivity contribution in [1.82, 2.24) is 10.6 Å². The summed E-state index contributed by atoms with van der Waals surface area (Å²) >= 11 is 0. The van der Waals surface area contributed by atoms with Gasteiger partial charge in [-0.3, -0.25) is 4.79 Å². The number of fused-ring (bicyclic) bond motifs is 1. The van der Waals surface area contributed by atoms with Gasteiger partial charge in [-0.25, -0.2) is 0 Å². The molecule has 2 fully saturated rings. The molecule has 0 aromatic carbocycles. The van der Waals surface area contributed by atoms with Crippen molar-refractivity contribution in [3.63, 3.8) is 0 Å². The molecule has 1 amide bonds. The minimum Gasteiger partial charge on any atom is -0.352 e. The Morgan fingerprint density at radius 1 is 1.29 bits per heavy atom. The number of amides is 1. The third-order valence-electron chi connectivity index (χ3n) is 4.47. The average Bonchev–Trinajstić information content (AvgIpc) is 2.38. The maximum atomic E-state index is 12.1. The minimum absolute atomic E-state index is 0.0587. The van der Waals surface area contributed by atoms with Gasteiger partial charge in [0.2, 0.25) is 5.91 Å². The molecule has 17 heavy (non-hydrogen) atoms. The SMILES string of the molecule is CCC(C)NC(=O)C1CCC2CCCCC2N1. The third-order valence-corrected chi connectivity index (χ3v) is 4.47. The van der Waals surface area contributed by atoms with Crippen LogP contribution in [0, 0.1) is 5.92 Å². The van der Waals surface area contributed by atoms with Crippen LogP contribution >= 0.6 is 0 Å². The number of piperidine rings is 1. The molecule has 3 heteroatoms. The molecule has 2 N–H and O–H groups in total. The van der Waals surface area contributed by atoms with Gasteiger partial charge >= 0.3 is 0 Å². The van der Waals surface area contributed by atoms with Crippen molar-refractivity contribution in [3.8, 4) is 0 Å². The molecule has 1 saturated heterocycles. The van der Waals surface area contributed by atoms with E-state index in [-0.39, 0.29) is 11.9 Å². The Bertz CT molecular complexity index is 267. The standard InChI is InChI=1S/C14H26N2O/c1-3-10(2)15-14(17)13-9-8-11-6-4-5-7-12(11)16-13/h10-13,16H,3-9H2,1-2H3,(H,15,17). The van der Waals surface area contributed by atoms with Crippen molar-refractivity contribution in [2.75, 3.05) is 0 Å². The number of carbonyl (C=O) groups is 1. The van der Waals surface area contributed by atoms with E-state index in [0.29, 0.717) is 12.1 Å². The maximum Gasteiger partial charge on any atom is 0.237 e. The van der Waals surface area contributed by atoms with Crippen molar-refractivity contribution >= 4 is 5.91 Å². The number of hydrogen-bond acceptors (Lipinski definition) is 2. The first-order valence-corrected chi connectivity index (χ1v) is 7.27. The van der Waals surface area contributed by atoms with Gasteiger partial charge in [-0.1, -0.05) is 19.8 Å². The molecule has 0 bridgehead atoms. The van der Waals surface area contributed by atoms with E-state index >= 15 is 0 Å². The molecule has 1 aliphatic heterocycles. The van der Waals surface area contributed by atoms with Crippen LogP contribution in [0.5, 0.6) is 0 Å². The van der Waals surface area contributed by atoms with Crippen molar-refractivity contribution in [3.05, 3.63) is 0 Å². The first kappa shape index (κ1) is 12.9. The zero-order valence-electron chi connectivity index (χ0n) is 11.2. The minimum atomic E-state index is 0.0587. The van der Waals surface area contributed by atoms with E-state index in [1.807, 2.05) is 0 Å². The fourth-order valence-electron chi connectivity index (χ4n) is 3.15. The molecule has 1 heterocycles. The molecule has 4 unspecified atom stereocenters. The van der Waals surface area contributed by atoms with Gasteiger partial charge < -0.3 is 10.6 Å². The maximum absolute atomic E-state index is 12.1. The molecule has 98 valence electrons. The second-order valence-corrected chi connectivity index (χ2v) is 5.77. The lowest BCUT2D eigenvalue weighted by Crippen LogP contribution is -2.55. The number of rotatable bonds is 3. The Hall–Kier alpha value is -0.570. The largest absolute Gasteiger partial charge is 0.352 e. The first-order valence-electron chi connectivity index (χ1n) is 7.27. The summed E-state index contributed by atoms with van der Waals surface area (Å²) in [6.07, 6.45) is 8.58. The highest BCUT2D eigenvalue weighted by molar-refractivity contribution is 5.82. The van der Waals surface area contributed by atoms with E-state index in [1.165, 1.54) is 32.1 Å². The zero-order valence-corrected chi connectivity index (χ0v) is 11.2. The number of hydrogen-bond donors (Lipinski definition) is 2. The molecular weight excluding hydrogens is 212 g/mol.